The van der Waals surface area contributed by atoms with Crippen molar-refractivity contribution >= 4 is 23.4 Å². The molecule has 0 saturated carbocycles. The number of nitrogens with zero attached hydrogens (tertiary/aromatic N) is 2. The largest absolute Gasteiger partial charge is 0.478 e. The Kier molecular flexibility index (Phi) is 5.88. The number of hydrogen-bond acceptors (Lipinski definition) is 4. The molecule has 0 amide bonds. The molecule has 0 radical (unpaired) electrons. The molecule has 1 aromatic rings. The Labute approximate surface area is 111 Å². The third-order valence-electron chi connectivity index (χ3n) is 2.52. The minimum absolute atomic E-state index is 0.00239. The SMILES string of the molecule is CCCCN(CCO)c1ncc(C(=O)O)cc1Cl. The number of carbonyl (C=O) groups is 1. The molecule has 0 atom stereocenters. The highest BCUT2D eigenvalue weighted by Gasteiger charge is 2.14. The number of unbranched alkanes of at least 4 members (excludes halogenated alkanes) is 1. The van der Waals surface area contributed by atoms with Crippen LogP contribution in [0.15, 0.2) is 12.3 Å². The summed E-state index contributed by atoms with van der Waals surface area (Å²) in [5.74, 6) is -0.539. The van der Waals surface area contributed by atoms with Crippen LogP contribution >= 0.6 is 11.6 Å². The fourth-order valence-electron chi connectivity index (χ4n) is 1.57. The molecule has 6 heteroatoms. The third kappa shape index (κ3) is 3.85. The number of aliphatic hydroxyl groups is 1. The molecule has 0 fully saturated rings. The van der Waals surface area contributed by atoms with Crippen LogP contribution in [0.1, 0.15) is 30.1 Å². The van der Waals surface area contributed by atoms with Gasteiger partial charge in [-0.3, -0.25) is 0 Å². The number of aromatic carboxylic acids is 1. The fraction of sp³-hybridized carbons (Fsp3) is 0.500. The molecule has 0 saturated heterocycles. The maximum Gasteiger partial charge on any atom is 0.337 e. The van der Waals surface area contributed by atoms with Gasteiger partial charge in [0.1, 0.15) is 5.82 Å². The summed E-state index contributed by atoms with van der Waals surface area (Å²) in [6, 6.07) is 1.38. The molecule has 100 valence electrons. The van der Waals surface area contributed by atoms with Crippen molar-refractivity contribution in [2.24, 2.45) is 0 Å². The molecule has 0 aliphatic rings. The van der Waals surface area contributed by atoms with Gasteiger partial charge in [-0.05, 0) is 12.5 Å². The van der Waals surface area contributed by atoms with Crippen molar-refractivity contribution in [3.05, 3.63) is 22.8 Å². The van der Waals surface area contributed by atoms with Gasteiger partial charge in [-0.25, -0.2) is 9.78 Å². The fourth-order valence-corrected chi connectivity index (χ4v) is 1.86. The quantitative estimate of drug-likeness (QED) is 0.794. The molecular formula is C12H17ClN2O3. The average molecular weight is 273 g/mol. The van der Waals surface area contributed by atoms with Crippen LogP contribution < -0.4 is 4.90 Å². The van der Waals surface area contributed by atoms with Crippen molar-refractivity contribution in [2.45, 2.75) is 19.8 Å². The molecule has 1 heterocycles. The predicted molar refractivity (Wildman–Crippen MR) is 70.4 cm³/mol. The van der Waals surface area contributed by atoms with E-state index in [1.54, 1.807) is 0 Å². The van der Waals surface area contributed by atoms with Gasteiger partial charge in [0.2, 0.25) is 0 Å². The van der Waals surface area contributed by atoms with Crippen LogP contribution in [0.25, 0.3) is 0 Å². The van der Waals surface area contributed by atoms with E-state index in [9.17, 15) is 4.79 Å². The lowest BCUT2D eigenvalue weighted by molar-refractivity contribution is 0.0696. The van der Waals surface area contributed by atoms with Crippen molar-refractivity contribution in [1.82, 2.24) is 4.98 Å². The highest BCUT2D eigenvalue weighted by Crippen LogP contribution is 2.24. The van der Waals surface area contributed by atoms with Crippen LogP contribution in [-0.2, 0) is 0 Å². The summed E-state index contributed by atoms with van der Waals surface area (Å²) in [5, 5.41) is 18.1. The van der Waals surface area contributed by atoms with Crippen LogP contribution in [0.4, 0.5) is 5.82 Å². The van der Waals surface area contributed by atoms with Crippen LogP contribution in [0, 0.1) is 0 Å². The first-order chi connectivity index (χ1) is 8.60. The third-order valence-corrected chi connectivity index (χ3v) is 2.80. The lowest BCUT2D eigenvalue weighted by Crippen LogP contribution is -2.29. The molecular weight excluding hydrogens is 256 g/mol. The number of pyridine rings is 1. The van der Waals surface area contributed by atoms with Crippen LogP contribution in [0.2, 0.25) is 5.02 Å². The van der Waals surface area contributed by atoms with Gasteiger partial charge in [-0.2, -0.15) is 0 Å². The first-order valence-electron chi connectivity index (χ1n) is 5.84. The number of rotatable bonds is 7. The topological polar surface area (TPSA) is 73.7 Å². The molecule has 0 spiro atoms. The summed E-state index contributed by atoms with van der Waals surface area (Å²) in [6.07, 6.45) is 3.26. The van der Waals surface area contributed by atoms with Gasteiger partial charge in [-0.1, -0.05) is 24.9 Å². The Balaban J connectivity index is 2.93. The lowest BCUT2D eigenvalue weighted by Gasteiger charge is -2.23. The number of halogens is 1. The van der Waals surface area contributed by atoms with Crippen molar-refractivity contribution < 1.29 is 15.0 Å². The van der Waals surface area contributed by atoms with Gasteiger partial charge >= 0.3 is 5.97 Å². The van der Waals surface area contributed by atoms with E-state index in [0.29, 0.717) is 17.4 Å². The molecule has 18 heavy (non-hydrogen) atoms. The molecule has 0 bridgehead atoms. The van der Waals surface area contributed by atoms with Gasteiger partial charge in [0, 0.05) is 19.3 Å². The maximum atomic E-state index is 10.8. The Hall–Kier alpha value is -1.33. The number of hydrogen-bond donors (Lipinski definition) is 2. The van der Waals surface area contributed by atoms with E-state index in [2.05, 4.69) is 11.9 Å². The van der Waals surface area contributed by atoms with Gasteiger partial charge < -0.3 is 15.1 Å². The van der Waals surface area contributed by atoms with Gasteiger partial charge in [0.15, 0.2) is 0 Å². The second-order valence-corrected chi connectivity index (χ2v) is 4.31. The van der Waals surface area contributed by atoms with E-state index in [1.165, 1.54) is 12.3 Å². The summed E-state index contributed by atoms with van der Waals surface area (Å²) in [7, 11) is 0. The number of aromatic nitrogens is 1. The number of aliphatic hydroxyl groups excluding tert-OH is 1. The number of carboxylic acids is 1. The minimum atomic E-state index is -1.06. The highest BCUT2D eigenvalue weighted by atomic mass is 35.5. The van der Waals surface area contributed by atoms with E-state index in [-0.39, 0.29) is 12.2 Å². The van der Waals surface area contributed by atoms with Crippen LogP contribution in [0.3, 0.4) is 0 Å². The summed E-state index contributed by atoms with van der Waals surface area (Å²) < 4.78 is 0. The lowest BCUT2D eigenvalue weighted by atomic mass is 10.2. The first-order valence-corrected chi connectivity index (χ1v) is 6.22. The molecule has 0 aliphatic heterocycles. The molecule has 1 rings (SSSR count). The molecule has 0 aliphatic carbocycles. The minimum Gasteiger partial charge on any atom is -0.478 e. The second kappa shape index (κ2) is 7.18. The Bertz CT molecular complexity index is 412. The monoisotopic (exact) mass is 272 g/mol. The highest BCUT2D eigenvalue weighted by molar-refractivity contribution is 6.33. The van der Waals surface area contributed by atoms with Crippen molar-refractivity contribution in [3.63, 3.8) is 0 Å². The van der Waals surface area contributed by atoms with Gasteiger partial charge in [0.05, 0.1) is 17.2 Å². The van der Waals surface area contributed by atoms with E-state index < -0.39 is 5.97 Å². The predicted octanol–water partition coefficient (Wildman–Crippen LogP) is 2.03. The first kappa shape index (κ1) is 14.7. The van der Waals surface area contributed by atoms with Crippen LogP contribution in [0.5, 0.6) is 0 Å². The van der Waals surface area contributed by atoms with Gasteiger partial charge in [-0.15, -0.1) is 0 Å². The van der Waals surface area contributed by atoms with Crippen LogP contribution in [-0.4, -0.2) is 40.9 Å². The summed E-state index contributed by atoms with van der Waals surface area (Å²) in [4.78, 5) is 16.7. The Morgan fingerprint density at radius 2 is 2.22 bits per heavy atom. The number of anilines is 1. The van der Waals surface area contributed by atoms with Crippen molar-refractivity contribution in [2.75, 3.05) is 24.6 Å². The summed E-state index contributed by atoms with van der Waals surface area (Å²) >= 11 is 6.03. The van der Waals surface area contributed by atoms with Gasteiger partial charge in [0.25, 0.3) is 0 Å². The average Bonchev–Trinajstić information content (AvgIpc) is 2.34. The van der Waals surface area contributed by atoms with Crippen molar-refractivity contribution in [3.8, 4) is 0 Å². The van der Waals surface area contributed by atoms with Crippen molar-refractivity contribution in [1.29, 1.82) is 0 Å². The summed E-state index contributed by atoms with van der Waals surface area (Å²) in [5.41, 5.74) is 0.0585. The molecule has 1 aromatic heterocycles. The van der Waals surface area contributed by atoms with E-state index in [1.807, 2.05) is 4.90 Å². The standard InChI is InChI=1S/C12H17ClN2O3/c1-2-3-4-15(5-6-16)11-10(13)7-9(8-14-11)12(17)18/h7-8,16H,2-6H2,1H3,(H,17,18). The molecule has 2 N–H and O–H groups in total. The molecule has 5 nitrogen and oxygen atoms in total. The van der Waals surface area contributed by atoms with E-state index >= 15 is 0 Å². The molecule has 0 unspecified atom stereocenters. The Morgan fingerprint density at radius 1 is 1.50 bits per heavy atom. The van der Waals surface area contributed by atoms with E-state index in [4.69, 9.17) is 21.8 Å². The zero-order valence-electron chi connectivity index (χ0n) is 10.3. The second-order valence-electron chi connectivity index (χ2n) is 3.90. The normalized spacial score (nSPS) is 10.4. The summed E-state index contributed by atoms with van der Waals surface area (Å²) in [6.45, 7) is 3.23. The zero-order chi connectivity index (χ0) is 13.5. The van der Waals surface area contributed by atoms with E-state index in [0.717, 1.165) is 19.4 Å². The smallest absolute Gasteiger partial charge is 0.337 e. The zero-order valence-corrected chi connectivity index (χ0v) is 11.0. The Morgan fingerprint density at radius 3 is 2.72 bits per heavy atom. The molecule has 0 aromatic carbocycles. The maximum absolute atomic E-state index is 10.8. The number of carboxylic acid groups (broad SMARTS) is 1.